The Labute approximate surface area is 112 Å². The lowest BCUT2D eigenvalue weighted by Gasteiger charge is -2.31. The highest BCUT2D eigenvalue weighted by Crippen LogP contribution is 2.24. The van der Waals surface area contributed by atoms with Crippen molar-refractivity contribution in [1.29, 1.82) is 5.26 Å². The van der Waals surface area contributed by atoms with Crippen LogP contribution in [-0.4, -0.2) is 37.0 Å². The predicted octanol–water partition coefficient (Wildman–Crippen LogP) is 1.08. The molecule has 1 heterocycles. The van der Waals surface area contributed by atoms with Crippen molar-refractivity contribution in [3.8, 4) is 11.8 Å². The van der Waals surface area contributed by atoms with Gasteiger partial charge in [-0.05, 0) is 24.6 Å². The molecule has 0 saturated carbocycles. The van der Waals surface area contributed by atoms with Crippen LogP contribution < -0.4 is 10.1 Å². The van der Waals surface area contributed by atoms with Crippen molar-refractivity contribution in [2.24, 2.45) is 0 Å². The van der Waals surface area contributed by atoms with E-state index in [1.165, 1.54) is 0 Å². The topological polar surface area (TPSA) is 65.4 Å². The Bertz CT molecular complexity index is 496. The Hall–Kier alpha value is -2.06. The van der Waals surface area contributed by atoms with Crippen molar-refractivity contribution in [1.82, 2.24) is 10.2 Å². The van der Waals surface area contributed by atoms with E-state index in [1.807, 2.05) is 31.2 Å². The number of amides is 1. The Kier molecular flexibility index (Phi) is 4.37. The molecule has 1 aliphatic heterocycles. The second-order valence-corrected chi connectivity index (χ2v) is 4.30. The van der Waals surface area contributed by atoms with E-state index in [2.05, 4.69) is 11.4 Å². The molecule has 5 nitrogen and oxygen atoms in total. The van der Waals surface area contributed by atoms with Crippen molar-refractivity contribution in [2.45, 2.75) is 13.0 Å². The van der Waals surface area contributed by atoms with E-state index in [0.29, 0.717) is 19.7 Å². The first-order valence-electron chi connectivity index (χ1n) is 6.39. The van der Waals surface area contributed by atoms with Gasteiger partial charge in [-0.3, -0.25) is 4.79 Å². The first-order valence-corrected chi connectivity index (χ1v) is 6.39. The highest BCUT2D eigenvalue weighted by atomic mass is 16.5. The van der Waals surface area contributed by atoms with Crippen LogP contribution in [0.1, 0.15) is 18.5 Å². The normalized spacial score (nSPS) is 16.8. The minimum atomic E-state index is -0.546. The number of rotatable bonds is 4. The number of benzene rings is 1. The van der Waals surface area contributed by atoms with Crippen LogP contribution in [0, 0.1) is 11.3 Å². The van der Waals surface area contributed by atoms with Crippen molar-refractivity contribution in [3.63, 3.8) is 0 Å². The molecule has 19 heavy (non-hydrogen) atoms. The summed E-state index contributed by atoms with van der Waals surface area (Å²) in [6.45, 7) is 4.05. The van der Waals surface area contributed by atoms with Crippen LogP contribution in [0.15, 0.2) is 24.3 Å². The molecule has 1 aromatic carbocycles. The summed E-state index contributed by atoms with van der Waals surface area (Å²) in [6, 6.07) is 9.04. The van der Waals surface area contributed by atoms with E-state index in [-0.39, 0.29) is 5.91 Å². The molecule has 1 aliphatic rings. The number of nitrogens with zero attached hydrogens (tertiary/aromatic N) is 2. The molecule has 0 aliphatic carbocycles. The zero-order chi connectivity index (χ0) is 13.7. The summed E-state index contributed by atoms with van der Waals surface area (Å²) in [4.78, 5) is 13.5. The van der Waals surface area contributed by atoms with Gasteiger partial charge in [0, 0.05) is 13.1 Å². The van der Waals surface area contributed by atoms with Crippen LogP contribution in [-0.2, 0) is 4.79 Å². The number of nitrogens with one attached hydrogen (secondary N) is 1. The molecule has 1 N–H and O–H groups in total. The van der Waals surface area contributed by atoms with Crippen LogP contribution in [0.4, 0.5) is 0 Å². The molecule has 1 atom stereocenters. The smallest absolute Gasteiger partial charge is 0.237 e. The quantitative estimate of drug-likeness (QED) is 0.878. The minimum Gasteiger partial charge on any atom is -0.494 e. The van der Waals surface area contributed by atoms with E-state index in [4.69, 9.17) is 4.74 Å². The monoisotopic (exact) mass is 259 g/mol. The largest absolute Gasteiger partial charge is 0.494 e. The number of carbonyl (C=O) groups excluding carboxylic acids is 1. The van der Waals surface area contributed by atoms with E-state index in [9.17, 15) is 10.1 Å². The molecule has 1 amide bonds. The van der Waals surface area contributed by atoms with E-state index < -0.39 is 6.04 Å². The summed E-state index contributed by atoms with van der Waals surface area (Å²) >= 11 is 0. The van der Waals surface area contributed by atoms with Gasteiger partial charge in [0.05, 0.1) is 19.2 Å². The van der Waals surface area contributed by atoms with Gasteiger partial charge in [-0.15, -0.1) is 0 Å². The van der Waals surface area contributed by atoms with Crippen molar-refractivity contribution < 1.29 is 9.53 Å². The summed E-state index contributed by atoms with van der Waals surface area (Å²) in [7, 11) is 0. The Morgan fingerprint density at radius 3 is 3.11 bits per heavy atom. The van der Waals surface area contributed by atoms with Gasteiger partial charge in [0.1, 0.15) is 11.8 Å². The highest BCUT2D eigenvalue weighted by Gasteiger charge is 2.27. The van der Waals surface area contributed by atoms with Gasteiger partial charge in [0.2, 0.25) is 5.91 Å². The van der Waals surface area contributed by atoms with Crippen LogP contribution in [0.3, 0.4) is 0 Å². The van der Waals surface area contributed by atoms with Gasteiger partial charge >= 0.3 is 0 Å². The number of piperazine rings is 1. The SMILES string of the molecule is CCOc1cccc(C(C#N)N2CCNCC2=O)c1. The van der Waals surface area contributed by atoms with Crippen LogP contribution in [0.25, 0.3) is 0 Å². The second kappa shape index (κ2) is 6.21. The average molecular weight is 259 g/mol. The van der Waals surface area contributed by atoms with E-state index >= 15 is 0 Å². The molecule has 1 aromatic rings. The fourth-order valence-electron chi connectivity index (χ4n) is 2.16. The van der Waals surface area contributed by atoms with Gasteiger partial charge in [-0.25, -0.2) is 0 Å². The van der Waals surface area contributed by atoms with Gasteiger partial charge in [0.15, 0.2) is 0 Å². The van der Waals surface area contributed by atoms with Crippen molar-refractivity contribution >= 4 is 5.91 Å². The summed E-state index contributed by atoms with van der Waals surface area (Å²) in [5.74, 6) is 0.683. The number of hydrogen-bond donors (Lipinski definition) is 1. The second-order valence-electron chi connectivity index (χ2n) is 4.30. The fraction of sp³-hybridized carbons (Fsp3) is 0.429. The molecule has 0 bridgehead atoms. The number of ether oxygens (including phenoxy) is 1. The van der Waals surface area contributed by atoms with E-state index in [1.54, 1.807) is 4.90 Å². The number of nitriles is 1. The molecule has 0 radical (unpaired) electrons. The summed E-state index contributed by atoms with van der Waals surface area (Å²) in [5.41, 5.74) is 0.795. The van der Waals surface area contributed by atoms with Crippen LogP contribution >= 0.6 is 0 Å². The number of carbonyl (C=O) groups is 1. The van der Waals surface area contributed by atoms with Gasteiger partial charge in [0.25, 0.3) is 0 Å². The Morgan fingerprint density at radius 1 is 1.58 bits per heavy atom. The van der Waals surface area contributed by atoms with Gasteiger partial charge in [-0.1, -0.05) is 12.1 Å². The first kappa shape index (κ1) is 13.4. The molecular weight excluding hydrogens is 242 g/mol. The van der Waals surface area contributed by atoms with Gasteiger partial charge in [-0.2, -0.15) is 5.26 Å². The third kappa shape index (κ3) is 3.04. The summed E-state index contributed by atoms with van der Waals surface area (Å²) in [6.07, 6.45) is 0. The standard InChI is InChI=1S/C14H17N3O2/c1-2-19-12-5-3-4-11(8-12)13(9-15)17-7-6-16-10-14(17)18/h3-5,8,13,16H,2,6-7,10H2,1H3. The van der Waals surface area contributed by atoms with Gasteiger partial charge < -0.3 is 15.0 Å². The molecule has 1 fully saturated rings. The third-order valence-corrected chi connectivity index (χ3v) is 3.04. The molecule has 1 saturated heterocycles. The Balaban J connectivity index is 2.23. The predicted molar refractivity (Wildman–Crippen MR) is 70.5 cm³/mol. The maximum Gasteiger partial charge on any atom is 0.237 e. The number of hydrogen-bond acceptors (Lipinski definition) is 4. The highest BCUT2D eigenvalue weighted by molar-refractivity contribution is 5.79. The van der Waals surface area contributed by atoms with Crippen molar-refractivity contribution in [3.05, 3.63) is 29.8 Å². The maximum absolute atomic E-state index is 11.9. The van der Waals surface area contributed by atoms with Crippen molar-refractivity contribution in [2.75, 3.05) is 26.2 Å². The zero-order valence-electron chi connectivity index (χ0n) is 10.9. The fourth-order valence-corrected chi connectivity index (χ4v) is 2.16. The Morgan fingerprint density at radius 2 is 2.42 bits per heavy atom. The maximum atomic E-state index is 11.9. The summed E-state index contributed by atoms with van der Waals surface area (Å²) in [5, 5.41) is 12.4. The molecule has 2 rings (SSSR count). The molecular formula is C14H17N3O2. The third-order valence-electron chi connectivity index (χ3n) is 3.04. The zero-order valence-corrected chi connectivity index (χ0v) is 10.9. The average Bonchev–Trinajstić information content (AvgIpc) is 2.43. The lowest BCUT2D eigenvalue weighted by Crippen LogP contribution is -2.49. The lowest BCUT2D eigenvalue weighted by atomic mass is 10.1. The first-order chi connectivity index (χ1) is 9.26. The van der Waals surface area contributed by atoms with Crippen LogP contribution in [0.5, 0.6) is 5.75 Å². The summed E-state index contributed by atoms with van der Waals surface area (Å²) < 4.78 is 5.43. The van der Waals surface area contributed by atoms with E-state index in [0.717, 1.165) is 17.9 Å². The molecule has 5 heteroatoms. The molecule has 1 unspecified atom stereocenters. The lowest BCUT2D eigenvalue weighted by molar-refractivity contribution is -0.133. The van der Waals surface area contributed by atoms with Crippen LogP contribution in [0.2, 0.25) is 0 Å². The molecule has 0 aromatic heterocycles. The minimum absolute atomic E-state index is 0.0420. The molecule has 0 spiro atoms. The molecule has 100 valence electrons.